The first-order valence-corrected chi connectivity index (χ1v) is 10.8. The number of nitrogens with zero attached hydrogens (tertiary/aromatic N) is 5. The number of anilines is 1. The fourth-order valence-electron chi connectivity index (χ4n) is 5.46. The first-order valence-electron chi connectivity index (χ1n) is 10.8. The van der Waals surface area contributed by atoms with Crippen LogP contribution in [0.1, 0.15) is 37.2 Å². The summed E-state index contributed by atoms with van der Waals surface area (Å²) in [5, 5.41) is 29.1. The zero-order valence-corrected chi connectivity index (χ0v) is 17.3. The van der Waals surface area contributed by atoms with Crippen molar-refractivity contribution in [3.05, 3.63) is 52.3 Å². The molecule has 2 saturated heterocycles. The average Bonchev–Trinajstić information content (AvgIpc) is 2.72. The Morgan fingerprint density at radius 2 is 1.68 bits per heavy atom. The number of aromatic nitrogens is 2. The minimum atomic E-state index is -1.53. The highest BCUT2D eigenvalue weighted by Crippen LogP contribution is 2.51. The fourth-order valence-corrected chi connectivity index (χ4v) is 5.46. The van der Waals surface area contributed by atoms with Gasteiger partial charge in [-0.05, 0) is 50.3 Å². The van der Waals surface area contributed by atoms with E-state index in [2.05, 4.69) is 19.8 Å². The smallest absolute Gasteiger partial charge is 0.423 e. The molecule has 0 amide bonds. The standard InChI is InChI=1S/C21H26BN5O4/c28-22(29)17-11-23-20(24-12-17)26-13-21(14-26)9-19(10-21)25-7-5-16(6-8-25)15-1-3-18(4-2-15)27(30)31/h1-4,11-12,16,19,28-29H,5-10,13-14H2. The highest BCUT2D eigenvalue weighted by Gasteiger charge is 2.54. The summed E-state index contributed by atoms with van der Waals surface area (Å²) in [7, 11) is -1.53. The van der Waals surface area contributed by atoms with Gasteiger partial charge in [0.2, 0.25) is 5.95 Å². The molecule has 10 heteroatoms. The van der Waals surface area contributed by atoms with E-state index >= 15 is 0 Å². The van der Waals surface area contributed by atoms with Gasteiger partial charge in [-0.1, -0.05) is 12.1 Å². The molecule has 1 saturated carbocycles. The number of hydrogen-bond donors (Lipinski definition) is 2. The maximum Gasteiger partial charge on any atom is 0.491 e. The first kappa shape index (κ1) is 20.4. The fraction of sp³-hybridized carbons (Fsp3) is 0.524. The summed E-state index contributed by atoms with van der Waals surface area (Å²) in [5.41, 5.74) is 2.05. The molecule has 0 atom stereocenters. The zero-order chi connectivity index (χ0) is 21.6. The SMILES string of the molecule is O=[N+]([O-])c1ccc(C2CCN(C3CC4(C3)CN(c3ncc(B(O)O)cn3)C4)CC2)cc1. The number of rotatable bonds is 5. The minimum absolute atomic E-state index is 0.155. The largest absolute Gasteiger partial charge is 0.491 e. The van der Waals surface area contributed by atoms with E-state index in [1.807, 2.05) is 12.1 Å². The predicted molar refractivity (Wildman–Crippen MR) is 116 cm³/mol. The first-order chi connectivity index (χ1) is 14.9. The lowest BCUT2D eigenvalue weighted by Crippen LogP contribution is -2.67. The van der Waals surface area contributed by atoms with Gasteiger partial charge in [0, 0.05) is 54.5 Å². The van der Waals surface area contributed by atoms with Gasteiger partial charge in [0.25, 0.3) is 5.69 Å². The minimum Gasteiger partial charge on any atom is -0.423 e. The van der Waals surface area contributed by atoms with Crippen LogP contribution >= 0.6 is 0 Å². The van der Waals surface area contributed by atoms with Crippen LogP contribution < -0.4 is 10.4 Å². The molecular formula is C21H26BN5O4. The van der Waals surface area contributed by atoms with Gasteiger partial charge in [0.15, 0.2) is 0 Å². The second kappa shape index (κ2) is 7.85. The number of hydrogen-bond acceptors (Lipinski definition) is 8. The van der Waals surface area contributed by atoms with Gasteiger partial charge in [-0.15, -0.1) is 0 Å². The van der Waals surface area contributed by atoms with Crippen LogP contribution in [0.4, 0.5) is 11.6 Å². The van der Waals surface area contributed by atoms with E-state index in [1.165, 1.54) is 30.8 Å². The van der Waals surface area contributed by atoms with E-state index in [0.717, 1.165) is 39.0 Å². The number of likely N-dealkylation sites (tertiary alicyclic amines) is 1. The van der Waals surface area contributed by atoms with Crippen molar-refractivity contribution in [1.82, 2.24) is 14.9 Å². The van der Waals surface area contributed by atoms with Crippen molar-refractivity contribution in [3.63, 3.8) is 0 Å². The molecule has 1 aliphatic carbocycles. The number of nitro benzene ring substituents is 1. The van der Waals surface area contributed by atoms with Crippen LogP contribution in [0.5, 0.6) is 0 Å². The molecule has 162 valence electrons. The summed E-state index contributed by atoms with van der Waals surface area (Å²) in [6.45, 7) is 4.09. The van der Waals surface area contributed by atoms with E-state index in [0.29, 0.717) is 28.8 Å². The van der Waals surface area contributed by atoms with E-state index in [9.17, 15) is 10.1 Å². The molecule has 1 aromatic carbocycles. The summed E-state index contributed by atoms with van der Waals surface area (Å²) in [4.78, 5) is 23.8. The molecule has 0 radical (unpaired) electrons. The summed E-state index contributed by atoms with van der Waals surface area (Å²) in [6.07, 6.45) is 7.56. The zero-order valence-electron chi connectivity index (χ0n) is 17.3. The lowest BCUT2D eigenvalue weighted by atomic mass is 9.60. The normalized spacial score (nSPS) is 21.5. The van der Waals surface area contributed by atoms with Gasteiger partial charge >= 0.3 is 7.12 Å². The molecule has 5 rings (SSSR count). The third-order valence-electron chi connectivity index (χ3n) is 7.25. The predicted octanol–water partition coefficient (Wildman–Crippen LogP) is 0.913. The van der Waals surface area contributed by atoms with E-state index < -0.39 is 7.12 Å². The van der Waals surface area contributed by atoms with E-state index in [-0.39, 0.29) is 10.6 Å². The Bertz CT molecular complexity index is 933. The van der Waals surface area contributed by atoms with Crippen molar-refractivity contribution in [1.29, 1.82) is 0 Å². The number of non-ortho nitro benzene ring substituents is 1. The van der Waals surface area contributed by atoms with Gasteiger partial charge in [-0.25, -0.2) is 9.97 Å². The second-order valence-corrected chi connectivity index (χ2v) is 9.27. The molecule has 3 aliphatic rings. The number of benzene rings is 1. The summed E-state index contributed by atoms with van der Waals surface area (Å²) < 4.78 is 0. The van der Waals surface area contributed by atoms with Crippen molar-refractivity contribution in [2.24, 2.45) is 5.41 Å². The highest BCUT2D eigenvalue weighted by molar-refractivity contribution is 6.58. The Morgan fingerprint density at radius 3 is 2.23 bits per heavy atom. The second-order valence-electron chi connectivity index (χ2n) is 9.27. The lowest BCUT2D eigenvalue weighted by Gasteiger charge is -2.61. The maximum absolute atomic E-state index is 10.8. The Labute approximate surface area is 181 Å². The van der Waals surface area contributed by atoms with Crippen molar-refractivity contribution < 1.29 is 15.0 Å². The molecule has 0 bridgehead atoms. The molecule has 1 aromatic heterocycles. The molecule has 2 aromatic rings. The van der Waals surface area contributed by atoms with Crippen LogP contribution in [0.2, 0.25) is 0 Å². The van der Waals surface area contributed by atoms with Crippen molar-refractivity contribution in [3.8, 4) is 0 Å². The van der Waals surface area contributed by atoms with Crippen LogP contribution in [0.15, 0.2) is 36.7 Å². The third kappa shape index (κ3) is 3.91. The molecule has 3 fully saturated rings. The Hall–Kier alpha value is -2.56. The molecule has 9 nitrogen and oxygen atoms in total. The summed E-state index contributed by atoms with van der Waals surface area (Å²) in [5.74, 6) is 1.14. The maximum atomic E-state index is 10.8. The molecule has 31 heavy (non-hydrogen) atoms. The van der Waals surface area contributed by atoms with Gasteiger partial charge in [0.05, 0.1) is 4.92 Å². The highest BCUT2D eigenvalue weighted by atomic mass is 16.6. The quantitative estimate of drug-likeness (QED) is 0.414. The molecule has 3 heterocycles. The Kier molecular flexibility index (Phi) is 5.15. The topological polar surface area (TPSA) is 116 Å². The lowest BCUT2D eigenvalue weighted by molar-refractivity contribution is -0.384. The number of nitro groups is 1. The molecule has 2 aliphatic heterocycles. The van der Waals surface area contributed by atoms with Crippen LogP contribution in [-0.4, -0.2) is 69.2 Å². The van der Waals surface area contributed by atoms with Gasteiger partial charge in [-0.3, -0.25) is 10.1 Å². The van der Waals surface area contributed by atoms with Crippen LogP contribution in [0, 0.1) is 15.5 Å². The van der Waals surface area contributed by atoms with Gasteiger partial charge < -0.3 is 19.8 Å². The van der Waals surface area contributed by atoms with E-state index in [1.54, 1.807) is 12.1 Å². The van der Waals surface area contributed by atoms with Crippen LogP contribution in [0.3, 0.4) is 0 Å². The molecule has 2 N–H and O–H groups in total. The molecule has 0 unspecified atom stereocenters. The number of piperidine rings is 1. The molecular weight excluding hydrogens is 397 g/mol. The van der Waals surface area contributed by atoms with Crippen molar-refractivity contribution in [2.75, 3.05) is 31.1 Å². The van der Waals surface area contributed by atoms with Gasteiger partial charge in [0.1, 0.15) is 0 Å². The van der Waals surface area contributed by atoms with Crippen molar-refractivity contribution in [2.45, 2.75) is 37.6 Å². The average molecular weight is 423 g/mol. The van der Waals surface area contributed by atoms with Crippen LogP contribution in [-0.2, 0) is 0 Å². The molecule has 1 spiro atoms. The summed E-state index contributed by atoms with van der Waals surface area (Å²) in [6, 6.07) is 7.70. The monoisotopic (exact) mass is 423 g/mol. The van der Waals surface area contributed by atoms with E-state index in [4.69, 9.17) is 10.0 Å². The van der Waals surface area contributed by atoms with Gasteiger partial charge in [-0.2, -0.15) is 0 Å². The van der Waals surface area contributed by atoms with Crippen LogP contribution in [0.25, 0.3) is 0 Å². The van der Waals surface area contributed by atoms with Crippen molar-refractivity contribution >= 4 is 24.2 Å². The summed E-state index contributed by atoms with van der Waals surface area (Å²) >= 11 is 0. The third-order valence-corrected chi connectivity index (χ3v) is 7.25. The Balaban J connectivity index is 1.08. The Morgan fingerprint density at radius 1 is 1.06 bits per heavy atom.